The van der Waals surface area contributed by atoms with Crippen LogP contribution in [0.1, 0.15) is 23.0 Å². The van der Waals surface area contributed by atoms with Crippen molar-refractivity contribution < 1.29 is 14.3 Å². The van der Waals surface area contributed by atoms with Gasteiger partial charge in [0, 0.05) is 28.4 Å². The monoisotopic (exact) mass is 430 g/mol. The zero-order valence-corrected chi connectivity index (χ0v) is 17.2. The highest BCUT2D eigenvalue weighted by molar-refractivity contribution is 7.99. The maximum Gasteiger partial charge on any atom is 0.338 e. The lowest BCUT2D eigenvalue weighted by Gasteiger charge is -2.08. The highest BCUT2D eigenvalue weighted by Crippen LogP contribution is 2.21. The largest absolute Gasteiger partial charge is 0.462 e. The Kier molecular flexibility index (Phi) is 6.95. The number of para-hydroxylation sites is 1. The Balaban J connectivity index is 1.64. The summed E-state index contributed by atoms with van der Waals surface area (Å²) < 4.78 is 4.97. The molecular formula is C21H19ClN2O4S. The Bertz CT molecular complexity index is 1110. The quantitative estimate of drug-likeness (QED) is 0.547. The summed E-state index contributed by atoms with van der Waals surface area (Å²) in [7, 11) is 0. The van der Waals surface area contributed by atoms with Gasteiger partial charge in [0.25, 0.3) is 0 Å². The van der Waals surface area contributed by atoms with E-state index in [1.807, 2.05) is 0 Å². The van der Waals surface area contributed by atoms with Gasteiger partial charge in [-0.25, -0.2) is 4.79 Å². The van der Waals surface area contributed by atoms with Crippen molar-refractivity contribution in [3.63, 3.8) is 0 Å². The van der Waals surface area contributed by atoms with Crippen molar-refractivity contribution in [2.24, 2.45) is 0 Å². The van der Waals surface area contributed by atoms with Crippen LogP contribution in [0.4, 0.5) is 5.69 Å². The zero-order valence-electron chi connectivity index (χ0n) is 15.7. The van der Waals surface area contributed by atoms with Gasteiger partial charge in [-0.2, -0.15) is 0 Å². The molecule has 8 heteroatoms. The zero-order chi connectivity index (χ0) is 20.8. The lowest BCUT2D eigenvalue weighted by atomic mass is 10.1. The minimum Gasteiger partial charge on any atom is -0.462 e. The second-order valence-electron chi connectivity index (χ2n) is 6.16. The third-order valence-electron chi connectivity index (χ3n) is 4.04. The number of thioether (sulfide) groups is 1. The first kappa shape index (κ1) is 21.0. The number of benzene rings is 2. The van der Waals surface area contributed by atoms with Gasteiger partial charge in [0.05, 0.1) is 28.6 Å². The molecule has 1 aromatic heterocycles. The molecule has 0 spiro atoms. The first-order valence-electron chi connectivity index (χ1n) is 8.93. The standard InChI is InChI=1S/C21H19ClN2O4S/c1-2-28-21(27)13-7-8-17-15(9-13)19(25)10-14(23-17)11-29-12-20(26)24-18-6-4-3-5-16(18)22/h3-10H,2,11-12H2,1H3,(H,23,25)(H,24,26). The Labute approximate surface area is 176 Å². The Hall–Kier alpha value is -2.77. The van der Waals surface area contributed by atoms with Crippen LogP contribution < -0.4 is 10.7 Å². The van der Waals surface area contributed by atoms with E-state index in [0.29, 0.717) is 38.6 Å². The van der Waals surface area contributed by atoms with E-state index in [1.54, 1.807) is 43.3 Å². The number of ether oxygens (including phenoxy) is 1. The van der Waals surface area contributed by atoms with Crippen LogP contribution in [0, 0.1) is 0 Å². The summed E-state index contributed by atoms with van der Waals surface area (Å²) in [6.07, 6.45) is 0. The highest BCUT2D eigenvalue weighted by Gasteiger charge is 2.10. The molecule has 2 N–H and O–H groups in total. The van der Waals surface area contributed by atoms with Crippen LogP contribution in [0.5, 0.6) is 0 Å². The van der Waals surface area contributed by atoms with Crippen molar-refractivity contribution in [1.29, 1.82) is 0 Å². The number of fused-ring (bicyclic) bond motifs is 1. The number of halogens is 1. The van der Waals surface area contributed by atoms with E-state index in [0.717, 1.165) is 0 Å². The molecule has 3 aromatic rings. The number of amides is 1. The Morgan fingerprint density at radius 2 is 1.97 bits per heavy atom. The average Bonchev–Trinajstić information content (AvgIpc) is 2.70. The summed E-state index contributed by atoms with van der Waals surface area (Å²) >= 11 is 7.40. The molecule has 1 heterocycles. The fourth-order valence-electron chi connectivity index (χ4n) is 2.72. The van der Waals surface area contributed by atoms with Gasteiger partial charge in [-0.3, -0.25) is 9.59 Å². The third kappa shape index (κ3) is 5.40. The first-order chi connectivity index (χ1) is 14.0. The topological polar surface area (TPSA) is 88.3 Å². The molecular weight excluding hydrogens is 412 g/mol. The summed E-state index contributed by atoms with van der Waals surface area (Å²) in [5.41, 5.74) is 2.03. The molecule has 150 valence electrons. The lowest BCUT2D eigenvalue weighted by Crippen LogP contribution is -2.14. The Morgan fingerprint density at radius 1 is 1.17 bits per heavy atom. The second-order valence-corrected chi connectivity index (χ2v) is 7.55. The van der Waals surface area contributed by atoms with Crippen molar-refractivity contribution in [3.8, 4) is 0 Å². The van der Waals surface area contributed by atoms with Gasteiger partial charge in [-0.1, -0.05) is 23.7 Å². The number of hydrogen-bond donors (Lipinski definition) is 2. The number of rotatable bonds is 7. The molecule has 2 aromatic carbocycles. The van der Waals surface area contributed by atoms with Gasteiger partial charge >= 0.3 is 5.97 Å². The second kappa shape index (κ2) is 9.62. The minimum absolute atomic E-state index is 0.176. The molecule has 0 saturated heterocycles. The maximum atomic E-state index is 12.4. The molecule has 6 nitrogen and oxygen atoms in total. The van der Waals surface area contributed by atoms with E-state index < -0.39 is 5.97 Å². The molecule has 0 bridgehead atoms. The molecule has 0 saturated carbocycles. The van der Waals surface area contributed by atoms with E-state index in [1.165, 1.54) is 23.9 Å². The predicted octanol–water partition coefficient (Wildman–Crippen LogP) is 4.23. The number of nitrogens with one attached hydrogen (secondary N) is 2. The lowest BCUT2D eigenvalue weighted by molar-refractivity contribution is -0.113. The van der Waals surface area contributed by atoms with E-state index in [9.17, 15) is 14.4 Å². The molecule has 0 atom stereocenters. The van der Waals surface area contributed by atoms with E-state index in [2.05, 4.69) is 10.3 Å². The third-order valence-corrected chi connectivity index (χ3v) is 5.35. The number of esters is 1. The molecule has 0 unspecified atom stereocenters. The molecule has 0 aliphatic rings. The van der Waals surface area contributed by atoms with E-state index >= 15 is 0 Å². The molecule has 29 heavy (non-hydrogen) atoms. The van der Waals surface area contributed by atoms with Crippen LogP contribution in [-0.2, 0) is 15.3 Å². The van der Waals surface area contributed by atoms with Crippen LogP contribution in [0.25, 0.3) is 10.9 Å². The van der Waals surface area contributed by atoms with Crippen molar-refractivity contribution in [2.45, 2.75) is 12.7 Å². The molecule has 0 fully saturated rings. The van der Waals surface area contributed by atoms with Gasteiger partial charge in [0.2, 0.25) is 5.91 Å². The maximum absolute atomic E-state index is 12.4. The molecule has 0 radical (unpaired) electrons. The van der Waals surface area contributed by atoms with Crippen LogP contribution in [-0.4, -0.2) is 29.2 Å². The van der Waals surface area contributed by atoms with E-state index in [4.69, 9.17) is 16.3 Å². The van der Waals surface area contributed by atoms with Crippen LogP contribution in [0.3, 0.4) is 0 Å². The van der Waals surface area contributed by atoms with Gasteiger partial charge in [0.15, 0.2) is 5.43 Å². The van der Waals surface area contributed by atoms with Crippen LogP contribution in [0.2, 0.25) is 5.02 Å². The van der Waals surface area contributed by atoms with Crippen LogP contribution in [0.15, 0.2) is 53.3 Å². The molecule has 0 aliphatic heterocycles. The van der Waals surface area contributed by atoms with Gasteiger partial charge < -0.3 is 15.0 Å². The predicted molar refractivity (Wildman–Crippen MR) is 117 cm³/mol. The SMILES string of the molecule is CCOC(=O)c1ccc2[nH]c(CSCC(=O)Nc3ccccc3Cl)cc(=O)c2c1. The summed E-state index contributed by atoms with van der Waals surface area (Å²) in [5, 5.41) is 3.65. The molecule has 3 rings (SSSR count). The number of hydrogen-bond acceptors (Lipinski definition) is 5. The van der Waals surface area contributed by atoms with Gasteiger partial charge in [-0.15, -0.1) is 11.8 Å². The number of anilines is 1. The number of carbonyl (C=O) groups excluding carboxylic acids is 2. The number of H-pyrrole nitrogens is 1. The molecule has 1 amide bonds. The van der Waals surface area contributed by atoms with Crippen LogP contribution >= 0.6 is 23.4 Å². The van der Waals surface area contributed by atoms with Gasteiger partial charge in [-0.05, 0) is 37.3 Å². The van der Waals surface area contributed by atoms with Gasteiger partial charge in [0.1, 0.15) is 0 Å². The minimum atomic E-state index is -0.460. The summed E-state index contributed by atoms with van der Waals surface area (Å²) in [6.45, 7) is 2.00. The number of pyridine rings is 1. The molecule has 0 aliphatic carbocycles. The summed E-state index contributed by atoms with van der Waals surface area (Å²) in [6, 6.07) is 13.3. The average molecular weight is 431 g/mol. The fraction of sp³-hybridized carbons (Fsp3) is 0.190. The number of carbonyl (C=O) groups is 2. The Morgan fingerprint density at radius 3 is 2.72 bits per heavy atom. The highest BCUT2D eigenvalue weighted by atomic mass is 35.5. The first-order valence-corrected chi connectivity index (χ1v) is 10.5. The van der Waals surface area contributed by atoms with E-state index in [-0.39, 0.29) is 23.7 Å². The smallest absolute Gasteiger partial charge is 0.338 e. The number of aromatic nitrogens is 1. The fourth-order valence-corrected chi connectivity index (χ4v) is 3.64. The summed E-state index contributed by atoms with van der Waals surface area (Å²) in [5.74, 6) is 0.0386. The normalized spacial score (nSPS) is 10.7. The van der Waals surface area contributed by atoms with Crippen molar-refractivity contribution >= 4 is 51.8 Å². The van der Waals surface area contributed by atoms with Crippen molar-refractivity contribution in [2.75, 3.05) is 17.7 Å². The van der Waals surface area contributed by atoms with Crippen molar-refractivity contribution in [1.82, 2.24) is 4.98 Å². The summed E-state index contributed by atoms with van der Waals surface area (Å²) in [4.78, 5) is 39.5. The van der Waals surface area contributed by atoms with Crippen molar-refractivity contribution in [3.05, 3.63) is 75.0 Å². The number of aromatic amines is 1.